The van der Waals surface area contributed by atoms with Crippen LogP contribution in [0.25, 0.3) is 5.69 Å². The molecule has 0 radical (unpaired) electrons. The maximum absolute atomic E-state index is 12.9. The van der Waals surface area contributed by atoms with E-state index in [1.54, 1.807) is 0 Å². The SMILES string of the molecule is CC(C)CCNC(=O)c1c(C#N)ccn1-c1cccc(C(F)(F)F)c1. The number of hydrogen-bond acceptors (Lipinski definition) is 2. The highest BCUT2D eigenvalue weighted by atomic mass is 19.4. The first-order valence-corrected chi connectivity index (χ1v) is 7.81. The summed E-state index contributed by atoms with van der Waals surface area (Å²) in [5.41, 5.74) is -0.501. The van der Waals surface area contributed by atoms with Gasteiger partial charge in [-0.3, -0.25) is 4.79 Å². The Hall–Kier alpha value is -2.75. The molecule has 2 rings (SSSR count). The Morgan fingerprint density at radius 2 is 2.04 bits per heavy atom. The van der Waals surface area contributed by atoms with Crippen LogP contribution in [-0.4, -0.2) is 17.0 Å². The topological polar surface area (TPSA) is 57.8 Å². The van der Waals surface area contributed by atoms with Crippen LogP contribution in [0.4, 0.5) is 13.2 Å². The van der Waals surface area contributed by atoms with Crippen LogP contribution in [0, 0.1) is 17.2 Å². The maximum Gasteiger partial charge on any atom is 0.416 e. The van der Waals surface area contributed by atoms with Crippen molar-refractivity contribution in [3.05, 3.63) is 53.3 Å². The molecule has 2 aromatic rings. The minimum absolute atomic E-state index is 0.0329. The third-order valence-corrected chi connectivity index (χ3v) is 3.68. The number of carbonyl (C=O) groups is 1. The van der Waals surface area contributed by atoms with Crippen molar-refractivity contribution in [2.75, 3.05) is 6.54 Å². The van der Waals surface area contributed by atoms with E-state index >= 15 is 0 Å². The summed E-state index contributed by atoms with van der Waals surface area (Å²) in [6.45, 7) is 4.45. The summed E-state index contributed by atoms with van der Waals surface area (Å²) >= 11 is 0. The Kier molecular flexibility index (Phi) is 5.52. The molecular weight excluding hydrogens is 331 g/mol. The van der Waals surface area contributed by atoms with Gasteiger partial charge < -0.3 is 9.88 Å². The number of benzene rings is 1. The predicted octanol–water partition coefficient (Wildman–Crippen LogP) is 4.14. The largest absolute Gasteiger partial charge is 0.416 e. The molecule has 0 unspecified atom stereocenters. The number of aromatic nitrogens is 1. The van der Waals surface area contributed by atoms with Gasteiger partial charge in [-0.1, -0.05) is 19.9 Å². The van der Waals surface area contributed by atoms with Crippen molar-refractivity contribution >= 4 is 5.91 Å². The van der Waals surface area contributed by atoms with Gasteiger partial charge in [0.15, 0.2) is 0 Å². The summed E-state index contributed by atoms with van der Waals surface area (Å²) in [6, 6.07) is 7.96. The smallest absolute Gasteiger partial charge is 0.351 e. The molecule has 1 aromatic heterocycles. The summed E-state index contributed by atoms with van der Waals surface area (Å²) in [7, 11) is 0. The Bertz CT molecular complexity index is 801. The molecule has 1 heterocycles. The van der Waals surface area contributed by atoms with Crippen LogP contribution in [0.5, 0.6) is 0 Å². The zero-order chi connectivity index (χ0) is 18.6. The average molecular weight is 349 g/mol. The molecule has 132 valence electrons. The number of nitrogens with one attached hydrogen (secondary N) is 1. The summed E-state index contributed by atoms with van der Waals surface area (Å²) < 4.78 is 40.1. The van der Waals surface area contributed by atoms with Crippen molar-refractivity contribution < 1.29 is 18.0 Å². The number of amides is 1. The van der Waals surface area contributed by atoms with Crippen LogP contribution in [0.1, 0.15) is 41.9 Å². The zero-order valence-electron chi connectivity index (χ0n) is 13.9. The van der Waals surface area contributed by atoms with Gasteiger partial charge in [-0.25, -0.2) is 0 Å². The van der Waals surface area contributed by atoms with Gasteiger partial charge in [0, 0.05) is 18.4 Å². The number of halogens is 3. The first-order chi connectivity index (χ1) is 11.7. The molecule has 0 fully saturated rings. The second kappa shape index (κ2) is 7.43. The lowest BCUT2D eigenvalue weighted by atomic mass is 10.1. The zero-order valence-corrected chi connectivity index (χ0v) is 13.9. The van der Waals surface area contributed by atoms with Crippen LogP contribution >= 0.6 is 0 Å². The lowest BCUT2D eigenvalue weighted by Crippen LogP contribution is -2.28. The third-order valence-electron chi connectivity index (χ3n) is 3.68. The van der Waals surface area contributed by atoms with E-state index in [1.807, 2.05) is 19.9 Å². The molecule has 0 aliphatic rings. The molecule has 0 saturated heterocycles. The standard InChI is InChI=1S/C18H18F3N3O/c1-12(2)6-8-23-17(25)16-13(11-22)7-9-24(16)15-5-3-4-14(10-15)18(19,20)21/h3-5,7,9-10,12H,6,8H2,1-2H3,(H,23,25). The minimum atomic E-state index is -4.49. The molecule has 4 nitrogen and oxygen atoms in total. The van der Waals surface area contributed by atoms with Gasteiger partial charge in [0.05, 0.1) is 11.1 Å². The van der Waals surface area contributed by atoms with Crippen LogP contribution in [0.15, 0.2) is 36.5 Å². The fourth-order valence-electron chi connectivity index (χ4n) is 2.36. The molecule has 0 bridgehead atoms. The van der Waals surface area contributed by atoms with E-state index in [1.165, 1.54) is 29.0 Å². The molecule has 0 aliphatic carbocycles. The third kappa shape index (κ3) is 4.41. The van der Waals surface area contributed by atoms with Crippen molar-refractivity contribution in [2.24, 2.45) is 5.92 Å². The van der Waals surface area contributed by atoms with Gasteiger partial charge in [-0.2, -0.15) is 18.4 Å². The summed E-state index contributed by atoms with van der Waals surface area (Å²) in [5.74, 6) is -0.0920. The Morgan fingerprint density at radius 1 is 1.32 bits per heavy atom. The highest BCUT2D eigenvalue weighted by Gasteiger charge is 2.31. The van der Waals surface area contributed by atoms with E-state index < -0.39 is 17.6 Å². The average Bonchev–Trinajstić information content (AvgIpc) is 2.97. The summed E-state index contributed by atoms with van der Waals surface area (Å²) in [4.78, 5) is 12.4. The quantitative estimate of drug-likeness (QED) is 0.882. The van der Waals surface area contributed by atoms with E-state index in [0.717, 1.165) is 18.6 Å². The van der Waals surface area contributed by atoms with Crippen molar-refractivity contribution in [3.63, 3.8) is 0 Å². The molecule has 0 atom stereocenters. The molecule has 0 saturated carbocycles. The van der Waals surface area contributed by atoms with Crippen molar-refractivity contribution in [1.29, 1.82) is 5.26 Å². The van der Waals surface area contributed by atoms with Gasteiger partial charge >= 0.3 is 6.18 Å². The molecule has 0 aliphatic heterocycles. The van der Waals surface area contributed by atoms with Crippen molar-refractivity contribution in [3.8, 4) is 11.8 Å². The van der Waals surface area contributed by atoms with E-state index in [0.29, 0.717) is 12.5 Å². The fourth-order valence-corrected chi connectivity index (χ4v) is 2.36. The van der Waals surface area contributed by atoms with Crippen LogP contribution in [-0.2, 0) is 6.18 Å². The molecule has 1 N–H and O–H groups in total. The highest BCUT2D eigenvalue weighted by Crippen LogP contribution is 2.31. The molecule has 0 spiro atoms. The van der Waals surface area contributed by atoms with Crippen molar-refractivity contribution in [2.45, 2.75) is 26.4 Å². The second-order valence-corrected chi connectivity index (χ2v) is 6.05. The summed E-state index contributed by atoms with van der Waals surface area (Å²) in [6.07, 6.45) is -2.30. The number of carbonyl (C=O) groups excluding carboxylic acids is 1. The number of hydrogen-bond donors (Lipinski definition) is 1. The first kappa shape index (κ1) is 18.6. The Morgan fingerprint density at radius 3 is 2.64 bits per heavy atom. The van der Waals surface area contributed by atoms with Crippen molar-refractivity contribution in [1.82, 2.24) is 9.88 Å². The normalized spacial score (nSPS) is 11.4. The number of rotatable bonds is 5. The molecule has 1 amide bonds. The minimum Gasteiger partial charge on any atom is -0.351 e. The predicted molar refractivity (Wildman–Crippen MR) is 87.3 cm³/mol. The van der Waals surface area contributed by atoms with E-state index in [2.05, 4.69) is 5.32 Å². The monoisotopic (exact) mass is 349 g/mol. The maximum atomic E-state index is 12.9. The lowest BCUT2D eigenvalue weighted by molar-refractivity contribution is -0.137. The van der Waals surface area contributed by atoms with Gasteiger partial charge in [0.25, 0.3) is 5.91 Å². The first-order valence-electron chi connectivity index (χ1n) is 7.81. The molecule has 7 heteroatoms. The highest BCUT2D eigenvalue weighted by molar-refractivity contribution is 5.95. The van der Waals surface area contributed by atoms with Crippen LogP contribution in [0.3, 0.4) is 0 Å². The summed E-state index contributed by atoms with van der Waals surface area (Å²) in [5, 5.41) is 11.9. The fraction of sp³-hybridized carbons (Fsp3) is 0.333. The van der Waals surface area contributed by atoms with Crippen LogP contribution < -0.4 is 5.32 Å². The van der Waals surface area contributed by atoms with E-state index in [9.17, 15) is 23.2 Å². The second-order valence-electron chi connectivity index (χ2n) is 6.05. The van der Waals surface area contributed by atoms with Gasteiger partial charge in [-0.15, -0.1) is 0 Å². The van der Waals surface area contributed by atoms with Gasteiger partial charge in [-0.05, 0) is 36.6 Å². The van der Waals surface area contributed by atoms with Gasteiger partial charge in [0.1, 0.15) is 11.8 Å². The van der Waals surface area contributed by atoms with E-state index in [-0.39, 0.29) is 16.9 Å². The Balaban J connectivity index is 2.39. The number of alkyl halides is 3. The number of nitrogens with zero attached hydrogens (tertiary/aromatic N) is 2. The molecular formula is C18H18F3N3O. The van der Waals surface area contributed by atoms with E-state index in [4.69, 9.17) is 0 Å². The molecule has 25 heavy (non-hydrogen) atoms. The van der Waals surface area contributed by atoms with Gasteiger partial charge in [0.2, 0.25) is 0 Å². The van der Waals surface area contributed by atoms with Crippen LogP contribution in [0.2, 0.25) is 0 Å². The Labute approximate surface area is 143 Å². The lowest BCUT2D eigenvalue weighted by Gasteiger charge is -2.13. The number of nitriles is 1. The molecule has 1 aromatic carbocycles.